The number of nitrogens with zero attached hydrogens (tertiary/aromatic N) is 3. The predicted molar refractivity (Wildman–Crippen MR) is 140 cm³/mol. The average Bonchev–Trinajstić information content (AvgIpc) is 3.52. The first-order valence-corrected chi connectivity index (χ1v) is 13.0. The molecule has 0 unspecified atom stereocenters. The molecule has 4 heterocycles. The summed E-state index contributed by atoms with van der Waals surface area (Å²) in [4.78, 5) is 33.8. The molecule has 2 fully saturated rings. The monoisotopic (exact) mass is 505 g/mol. The summed E-state index contributed by atoms with van der Waals surface area (Å²) in [5.41, 5.74) is 3.58. The number of cyclic esters (lactones) is 1. The molecule has 2 atom stereocenters. The number of methoxy groups -OCH3 is 1. The number of rotatable bonds is 6. The molecule has 3 aliphatic rings. The largest absolute Gasteiger partial charge is 0.497 e. The van der Waals surface area contributed by atoms with Crippen LogP contribution in [0.5, 0.6) is 5.75 Å². The molecule has 6 rings (SSSR count). The molecule has 2 N–H and O–H groups in total. The lowest BCUT2D eigenvalue weighted by Crippen LogP contribution is -2.39. The first-order valence-electron chi connectivity index (χ1n) is 12.0. The van der Waals surface area contributed by atoms with Crippen molar-refractivity contribution in [2.24, 2.45) is 0 Å². The van der Waals surface area contributed by atoms with Crippen LogP contribution in [0.4, 0.5) is 21.9 Å². The highest BCUT2D eigenvalue weighted by molar-refractivity contribution is 8.00. The summed E-state index contributed by atoms with van der Waals surface area (Å²) >= 11 is 1.50. The fraction of sp³-hybridized carbons (Fsp3) is 0.346. The highest BCUT2D eigenvalue weighted by atomic mass is 32.2. The Morgan fingerprint density at radius 1 is 1.19 bits per heavy atom. The van der Waals surface area contributed by atoms with Gasteiger partial charge in [0, 0.05) is 53.5 Å². The molecule has 3 aliphatic heterocycles. The van der Waals surface area contributed by atoms with Crippen molar-refractivity contribution < 1.29 is 19.1 Å². The Bertz CT molecular complexity index is 1330. The second-order valence-electron chi connectivity index (χ2n) is 9.19. The van der Waals surface area contributed by atoms with Crippen LogP contribution in [-0.2, 0) is 9.53 Å². The van der Waals surface area contributed by atoms with Gasteiger partial charge in [-0.2, -0.15) is 0 Å². The van der Waals surface area contributed by atoms with Gasteiger partial charge in [0.1, 0.15) is 11.9 Å². The van der Waals surface area contributed by atoms with Crippen molar-refractivity contribution in [2.45, 2.75) is 23.5 Å². The number of anilines is 3. The number of hydrogen-bond donors (Lipinski definition) is 2. The van der Waals surface area contributed by atoms with Gasteiger partial charge in [-0.15, -0.1) is 11.8 Å². The quantitative estimate of drug-likeness (QED) is 0.526. The zero-order valence-electron chi connectivity index (χ0n) is 19.9. The van der Waals surface area contributed by atoms with Crippen LogP contribution in [-0.4, -0.2) is 68.2 Å². The number of carbonyl (C=O) groups excluding carboxylic acids is 2. The lowest BCUT2D eigenvalue weighted by Gasteiger charge is -2.21. The zero-order chi connectivity index (χ0) is 24.6. The SMILES string of the molecule is COc1ccc2nccc(N3CC[C@H](NC[C@@H]4CN(c5ccc6c(c5)NC(=O)CS6)C(=O)O4)C3)c2c1. The second-order valence-corrected chi connectivity index (χ2v) is 10.2. The van der Waals surface area contributed by atoms with Crippen molar-refractivity contribution in [1.82, 2.24) is 10.3 Å². The van der Waals surface area contributed by atoms with Gasteiger partial charge in [-0.3, -0.25) is 14.7 Å². The van der Waals surface area contributed by atoms with Crippen LogP contribution >= 0.6 is 11.8 Å². The Morgan fingerprint density at radius 2 is 2.11 bits per heavy atom. The van der Waals surface area contributed by atoms with E-state index in [-0.39, 0.29) is 18.1 Å². The number of ether oxygens (including phenoxy) is 2. The third-order valence-corrected chi connectivity index (χ3v) is 7.94. The maximum Gasteiger partial charge on any atom is 0.414 e. The van der Waals surface area contributed by atoms with E-state index < -0.39 is 0 Å². The standard InChI is InChI=1S/C26H27N5O4S/c1-34-18-3-4-21-20(11-18)23(6-8-27-21)30-9-7-16(13-30)28-12-19-14-31(26(33)35-19)17-2-5-24-22(10-17)29-25(32)15-36-24/h2-6,8,10-11,16,19,28H,7,9,12-15H2,1H3,(H,29,32)/t16-,19+/m0/s1. The molecule has 0 saturated carbocycles. The van der Waals surface area contributed by atoms with Crippen LogP contribution in [0.25, 0.3) is 10.9 Å². The molecule has 0 bridgehead atoms. The van der Waals surface area contributed by atoms with E-state index in [0.717, 1.165) is 58.1 Å². The molecule has 0 spiro atoms. The van der Waals surface area contributed by atoms with E-state index in [2.05, 4.69) is 26.6 Å². The van der Waals surface area contributed by atoms with Crippen LogP contribution in [0.1, 0.15) is 6.42 Å². The summed E-state index contributed by atoms with van der Waals surface area (Å²) < 4.78 is 11.1. The second kappa shape index (κ2) is 9.51. The van der Waals surface area contributed by atoms with Gasteiger partial charge >= 0.3 is 6.09 Å². The first-order chi connectivity index (χ1) is 17.6. The van der Waals surface area contributed by atoms with Crippen LogP contribution < -0.4 is 25.2 Å². The third kappa shape index (κ3) is 4.42. The summed E-state index contributed by atoms with van der Waals surface area (Å²) in [5.74, 6) is 1.20. The number of thioether (sulfide) groups is 1. The molecule has 3 aromatic rings. The lowest BCUT2D eigenvalue weighted by molar-refractivity contribution is -0.113. The molecule has 0 radical (unpaired) electrons. The smallest absolute Gasteiger partial charge is 0.414 e. The van der Waals surface area contributed by atoms with Crippen molar-refractivity contribution >= 4 is 51.7 Å². The number of aromatic nitrogens is 1. The molecule has 36 heavy (non-hydrogen) atoms. The van der Waals surface area contributed by atoms with E-state index in [1.165, 1.54) is 11.8 Å². The molecule has 0 aliphatic carbocycles. The fourth-order valence-corrected chi connectivity index (χ4v) is 5.82. The Hall–Kier alpha value is -3.50. The lowest BCUT2D eigenvalue weighted by atomic mass is 10.1. The number of pyridine rings is 1. The van der Waals surface area contributed by atoms with Crippen molar-refractivity contribution in [2.75, 3.05) is 54.2 Å². The van der Waals surface area contributed by atoms with Gasteiger partial charge < -0.3 is 25.0 Å². The molecule has 2 amide bonds. The number of hydrogen-bond acceptors (Lipinski definition) is 8. The number of benzene rings is 2. The molecular weight excluding hydrogens is 478 g/mol. The minimum Gasteiger partial charge on any atom is -0.497 e. The van der Waals surface area contributed by atoms with E-state index in [1.807, 2.05) is 42.6 Å². The summed E-state index contributed by atoms with van der Waals surface area (Å²) in [5, 5.41) is 7.56. The minimum atomic E-state index is -0.359. The molecular formula is C26H27N5O4S. The highest BCUT2D eigenvalue weighted by Crippen LogP contribution is 2.35. The number of amides is 2. The van der Waals surface area contributed by atoms with E-state index in [4.69, 9.17) is 9.47 Å². The van der Waals surface area contributed by atoms with Crippen LogP contribution in [0.2, 0.25) is 0 Å². The topological polar surface area (TPSA) is 96.0 Å². The number of fused-ring (bicyclic) bond motifs is 2. The number of carbonyl (C=O) groups is 2. The summed E-state index contributed by atoms with van der Waals surface area (Å²) in [6, 6.07) is 14.0. The Labute approximate surface area is 213 Å². The summed E-state index contributed by atoms with van der Waals surface area (Å²) in [6.07, 6.45) is 2.25. The van der Waals surface area contributed by atoms with Gasteiger partial charge in [0.25, 0.3) is 0 Å². The van der Waals surface area contributed by atoms with Gasteiger partial charge in [0.2, 0.25) is 5.91 Å². The van der Waals surface area contributed by atoms with Crippen LogP contribution in [0.15, 0.2) is 53.6 Å². The van der Waals surface area contributed by atoms with Gasteiger partial charge in [0.15, 0.2) is 0 Å². The van der Waals surface area contributed by atoms with Crippen molar-refractivity contribution in [1.29, 1.82) is 0 Å². The van der Waals surface area contributed by atoms with Crippen molar-refractivity contribution in [3.8, 4) is 5.75 Å². The third-order valence-electron chi connectivity index (χ3n) is 6.87. The molecule has 9 nitrogen and oxygen atoms in total. The van der Waals surface area contributed by atoms with Crippen molar-refractivity contribution in [3.63, 3.8) is 0 Å². The molecule has 2 saturated heterocycles. The number of nitrogens with one attached hydrogen (secondary N) is 2. The van der Waals surface area contributed by atoms with Crippen LogP contribution in [0.3, 0.4) is 0 Å². The molecule has 10 heteroatoms. The van der Waals surface area contributed by atoms with Gasteiger partial charge in [-0.1, -0.05) is 0 Å². The van der Waals surface area contributed by atoms with E-state index >= 15 is 0 Å². The minimum absolute atomic E-state index is 0.0276. The van der Waals surface area contributed by atoms with Gasteiger partial charge in [-0.05, 0) is 48.9 Å². The maximum atomic E-state index is 12.6. The summed E-state index contributed by atoms with van der Waals surface area (Å²) in [6.45, 7) is 2.85. The Morgan fingerprint density at radius 3 is 3.00 bits per heavy atom. The molecule has 186 valence electrons. The Kier molecular flexibility index (Phi) is 6.06. The zero-order valence-corrected chi connectivity index (χ0v) is 20.7. The summed E-state index contributed by atoms with van der Waals surface area (Å²) in [7, 11) is 1.67. The molecule has 2 aromatic carbocycles. The first kappa shape index (κ1) is 22.9. The van der Waals surface area contributed by atoms with E-state index in [0.29, 0.717) is 24.9 Å². The molecule has 1 aromatic heterocycles. The maximum absolute atomic E-state index is 12.6. The van der Waals surface area contributed by atoms with Gasteiger partial charge in [-0.25, -0.2) is 4.79 Å². The predicted octanol–water partition coefficient (Wildman–Crippen LogP) is 3.48. The van der Waals surface area contributed by atoms with Crippen LogP contribution in [0, 0.1) is 0 Å². The fourth-order valence-electron chi connectivity index (χ4n) is 5.04. The normalized spacial score (nSPS) is 21.5. The van der Waals surface area contributed by atoms with Gasteiger partial charge in [0.05, 0.1) is 30.6 Å². The van der Waals surface area contributed by atoms with E-state index in [9.17, 15) is 9.59 Å². The van der Waals surface area contributed by atoms with E-state index in [1.54, 1.807) is 12.0 Å². The van der Waals surface area contributed by atoms with Crippen molar-refractivity contribution in [3.05, 3.63) is 48.7 Å². The highest BCUT2D eigenvalue weighted by Gasteiger charge is 2.34. The average molecular weight is 506 g/mol. The Balaban J connectivity index is 1.07.